The van der Waals surface area contributed by atoms with E-state index in [1.807, 2.05) is 88.4 Å². The summed E-state index contributed by atoms with van der Waals surface area (Å²) >= 11 is 5.87. The Labute approximate surface area is 337 Å². The standard InChI is InChI=1S/C20H18O3S.C18H24N4O5S4/c1-16-12-14-19(15-13-16)24(21,22)23-20(17-8-4-2-5-9-17)18-10-6-3-7-11-18;1-18(2,3)27-17(26)20-4-5-28-6-9-16(30-8-21-9)31-10-7-29-14-11(19)13(23)22(14)12(10)15(24)25/h2-15,20H,1H3;8,11,14H,4-7,19H2,1-3H3,(H,20,26)(H,24,25)/t;11-,14-/m.1/s1. The smallest absolute Gasteiger partial charge is 0.407 e. The Balaban J connectivity index is 0.000000218. The molecule has 292 valence electrons. The van der Waals surface area contributed by atoms with Crippen LogP contribution in [0.4, 0.5) is 4.79 Å². The molecular weight excluding hydrogens is 801 g/mol. The van der Waals surface area contributed by atoms with E-state index in [0.29, 0.717) is 28.7 Å². The lowest BCUT2D eigenvalue weighted by molar-refractivity contribution is -0.147. The van der Waals surface area contributed by atoms with Gasteiger partial charge in [-0.15, -0.1) is 23.1 Å². The summed E-state index contributed by atoms with van der Waals surface area (Å²) in [7, 11) is -3.87. The number of thioether (sulfide) groups is 3. The van der Waals surface area contributed by atoms with Gasteiger partial charge >= 0.3 is 12.1 Å². The number of nitrogens with zero attached hydrogens (tertiary/aromatic N) is 2. The Morgan fingerprint density at radius 3 is 2.24 bits per heavy atom. The van der Waals surface area contributed by atoms with Gasteiger partial charge in [0.15, 0.2) is 0 Å². The second kappa shape index (κ2) is 18.9. The summed E-state index contributed by atoms with van der Waals surface area (Å²) < 4.78 is 37.1. The van der Waals surface area contributed by atoms with Gasteiger partial charge in [0.25, 0.3) is 10.1 Å². The highest BCUT2D eigenvalue weighted by atomic mass is 32.2. The van der Waals surface area contributed by atoms with E-state index < -0.39 is 39.9 Å². The zero-order valence-electron chi connectivity index (χ0n) is 30.5. The molecule has 1 aromatic heterocycles. The summed E-state index contributed by atoms with van der Waals surface area (Å²) in [6.45, 7) is 7.81. The van der Waals surface area contributed by atoms with Crippen LogP contribution in [0.5, 0.6) is 0 Å². The number of carbonyl (C=O) groups excluding carboxylic acids is 2. The lowest BCUT2D eigenvalue weighted by Crippen LogP contribution is -2.68. The van der Waals surface area contributed by atoms with Crippen molar-refractivity contribution in [3.63, 3.8) is 0 Å². The molecule has 2 atom stereocenters. The molecule has 55 heavy (non-hydrogen) atoms. The van der Waals surface area contributed by atoms with Crippen LogP contribution in [-0.4, -0.2) is 76.4 Å². The Kier molecular flexibility index (Phi) is 14.5. The number of carboxylic acid groups (broad SMARTS) is 1. The SMILES string of the molecule is CC(C)(C)OC(=O)NCCSCc1ncsc1SC1=C(C(=O)O)N2C(=O)[C@@H](N)[C@H]2SC1.Cc1ccc(S(=O)(=O)OC(c2ccccc2)c2ccccc2)cc1. The first-order chi connectivity index (χ1) is 26.1. The van der Waals surface area contributed by atoms with Gasteiger partial charge in [-0.25, -0.2) is 14.6 Å². The molecule has 3 heterocycles. The minimum atomic E-state index is -3.87. The molecule has 2 amide bonds. The van der Waals surface area contributed by atoms with Gasteiger partial charge < -0.3 is 20.9 Å². The Bertz CT molecular complexity index is 2050. The van der Waals surface area contributed by atoms with Gasteiger partial charge in [0.2, 0.25) is 5.91 Å². The van der Waals surface area contributed by atoms with Gasteiger partial charge in [-0.2, -0.15) is 20.2 Å². The molecule has 0 saturated carbocycles. The van der Waals surface area contributed by atoms with Crippen LogP contribution in [0.15, 0.2) is 110 Å². The molecule has 2 aliphatic rings. The van der Waals surface area contributed by atoms with Crippen LogP contribution in [-0.2, 0) is 34.4 Å². The summed E-state index contributed by atoms with van der Waals surface area (Å²) in [5, 5.41) is 12.1. The molecule has 1 fully saturated rings. The van der Waals surface area contributed by atoms with E-state index in [-0.39, 0.29) is 21.9 Å². The zero-order chi connectivity index (χ0) is 39.8. The van der Waals surface area contributed by atoms with Crippen LogP contribution in [0.25, 0.3) is 0 Å². The van der Waals surface area contributed by atoms with Gasteiger partial charge in [-0.3, -0.25) is 13.9 Å². The van der Waals surface area contributed by atoms with Crippen LogP contribution >= 0.6 is 46.6 Å². The Morgan fingerprint density at radius 1 is 1.04 bits per heavy atom. The van der Waals surface area contributed by atoms with Crippen LogP contribution < -0.4 is 11.1 Å². The number of carboxylic acids is 1. The van der Waals surface area contributed by atoms with Gasteiger partial charge in [0.1, 0.15) is 28.8 Å². The number of ether oxygens (including phenoxy) is 1. The van der Waals surface area contributed by atoms with Gasteiger partial charge in [0.05, 0.1) is 20.3 Å². The second-order valence-corrected chi connectivity index (χ2v) is 19.2. The van der Waals surface area contributed by atoms with Gasteiger partial charge in [-0.1, -0.05) is 90.1 Å². The molecule has 0 spiro atoms. The van der Waals surface area contributed by atoms with E-state index in [1.165, 1.54) is 39.8 Å². The number of thiazole rings is 1. The largest absolute Gasteiger partial charge is 0.477 e. The Morgan fingerprint density at radius 2 is 1.65 bits per heavy atom. The van der Waals surface area contributed by atoms with Crippen molar-refractivity contribution in [1.82, 2.24) is 15.2 Å². The molecule has 4 aromatic rings. The van der Waals surface area contributed by atoms with Crippen LogP contribution in [0.2, 0.25) is 0 Å². The average Bonchev–Trinajstić information content (AvgIpc) is 3.60. The number of carbonyl (C=O) groups is 3. The second-order valence-electron chi connectivity index (χ2n) is 13.2. The molecule has 0 radical (unpaired) electrons. The topological polar surface area (TPSA) is 178 Å². The molecule has 2 aliphatic heterocycles. The van der Waals surface area contributed by atoms with Crippen LogP contribution in [0.1, 0.15) is 49.3 Å². The predicted octanol–water partition coefficient (Wildman–Crippen LogP) is 7.02. The van der Waals surface area contributed by atoms with E-state index >= 15 is 0 Å². The first kappa shape index (κ1) is 42.3. The first-order valence-corrected chi connectivity index (χ1v) is 22.4. The number of benzene rings is 3. The van der Waals surface area contributed by atoms with Crippen molar-refractivity contribution in [2.45, 2.75) is 65.7 Å². The summed E-state index contributed by atoms with van der Waals surface area (Å²) in [6.07, 6.45) is -1.13. The number of nitrogens with one attached hydrogen (secondary N) is 1. The van der Waals surface area contributed by atoms with Crippen molar-refractivity contribution in [3.8, 4) is 0 Å². The molecule has 1 saturated heterocycles. The van der Waals surface area contributed by atoms with Crippen molar-refractivity contribution >= 4 is 74.7 Å². The number of aromatic nitrogens is 1. The molecule has 3 aromatic carbocycles. The summed E-state index contributed by atoms with van der Waals surface area (Å²) in [6, 6.07) is 24.7. The zero-order valence-corrected chi connectivity index (χ0v) is 34.6. The maximum absolute atomic E-state index is 12.7. The van der Waals surface area contributed by atoms with E-state index in [2.05, 4.69) is 10.3 Å². The van der Waals surface area contributed by atoms with E-state index in [4.69, 9.17) is 14.7 Å². The maximum atomic E-state index is 12.7. The molecule has 0 bridgehead atoms. The third-order valence-electron chi connectivity index (χ3n) is 7.89. The number of rotatable bonds is 13. The lowest BCUT2D eigenvalue weighted by atomic mass is 10.0. The molecule has 17 heteroatoms. The third kappa shape index (κ3) is 11.4. The third-order valence-corrected chi connectivity index (χ3v) is 13.8. The number of β-lactam (4-membered cyclic amide) rings is 1. The minimum Gasteiger partial charge on any atom is -0.477 e. The fraction of sp³-hybridized carbons (Fsp3) is 0.316. The highest BCUT2D eigenvalue weighted by molar-refractivity contribution is 8.07. The molecular formula is C38H42N4O8S5. The number of hydrogen-bond acceptors (Lipinski definition) is 13. The fourth-order valence-corrected chi connectivity index (χ4v) is 10.8. The molecule has 0 aliphatic carbocycles. The lowest BCUT2D eigenvalue weighted by Gasteiger charge is -2.47. The summed E-state index contributed by atoms with van der Waals surface area (Å²) in [5.74, 6) is 0.313. The number of aryl methyl sites for hydroxylation is 1. The van der Waals surface area contributed by atoms with Crippen LogP contribution in [0, 0.1) is 6.92 Å². The minimum absolute atomic E-state index is 0.0222. The van der Waals surface area contributed by atoms with Crippen molar-refractivity contribution in [2.75, 3.05) is 18.1 Å². The number of alkyl carbamates (subject to hydrolysis) is 1. The predicted molar refractivity (Wildman–Crippen MR) is 218 cm³/mol. The number of amides is 2. The quantitative estimate of drug-likeness (QED) is 0.0711. The summed E-state index contributed by atoms with van der Waals surface area (Å²) in [4.78, 5) is 42.0. The van der Waals surface area contributed by atoms with Crippen molar-refractivity contribution in [2.24, 2.45) is 5.73 Å². The van der Waals surface area contributed by atoms with Gasteiger partial charge in [0, 0.05) is 28.7 Å². The first-order valence-electron chi connectivity index (χ1n) is 17.1. The maximum Gasteiger partial charge on any atom is 0.407 e. The normalized spacial score (nSPS) is 16.8. The van der Waals surface area contributed by atoms with E-state index in [1.54, 1.807) is 41.5 Å². The average molecular weight is 843 g/mol. The molecule has 12 nitrogen and oxygen atoms in total. The molecule has 0 unspecified atom stereocenters. The Hall–Kier alpha value is -3.84. The van der Waals surface area contributed by atoms with Crippen LogP contribution in [0.3, 0.4) is 0 Å². The number of nitrogens with two attached hydrogens (primary N) is 1. The monoisotopic (exact) mass is 842 g/mol. The van der Waals surface area contributed by atoms with Crippen molar-refractivity contribution in [3.05, 3.63) is 123 Å². The van der Waals surface area contributed by atoms with E-state index in [0.717, 1.165) is 26.6 Å². The van der Waals surface area contributed by atoms with Crippen molar-refractivity contribution < 1.29 is 36.8 Å². The van der Waals surface area contributed by atoms with Gasteiger partial charge in [-0.05, 0) is 51.0 Å². The van der Waals surface area contributed by atoms with Crippen molar-refractivity contribution in [1.29, 1.82) is 0 Å². The van der Waals surface area contributed by atoms with E-state index in [9.17, 15) is 27.9 Å². The highest BCUT2D eigenvalue weighted by Gasteiger charge is 2.52. The summed E-state index contributed by atoms with van der Waals surface area (Å²) in [5.41, 5.74) is 10.4. The highest BCUT2D eigenvalue weighted by Crippen LogP contribution is 2.46. The number of aliphatic carboxylic acids is 1. The molecule has 6 rings (SSSR count). The number of fused-ring (bicyclic) bond motifs is 1. The number of hydrogen-bond donors (Lipinski definition) is 3. The fourth-order valence-electron chi connectivity index (χ4n) is 5.27. The molecule has 4 N–H and O–H groups in total.